The lowest BCUT2D eigenvalue weighted by atomic mass is 9.97. The van der Waals surface area contributed by atoms with Crippen LogP contribution in [0.5, 0.6) is 0 Å². The Hall–Kier alpha value is -1.82. The third-order valence-electron chi connectivity index (χ3n) is 3.15. The van der Waals surface area contributed by atoms with Crippen molar-refractivity contribution in [3.63, 3.8) is 0 Å². The fourth-order valence-corrected chi connectivity index (χ4v) is 2.02. The third kappa shape index (κ3) is 3.10. The highest BCUT2D eigenvalue weighted by Gasteiger charge is 2.24. The van der Waals surface area contributed by atoms with E-state index in [0.29, 0.717) is 32.6 Å². The molecule has 0 unspecified atom stereocenters. The Morgan fingerprint density at radius 2 is 2.17 bits per heavy atom. The van der Waals surface area contributed by atoms with Crippen LogP contribution in [0.15, 0.2) is 22.8 Å². The molecule has 0 atom stereocenters. The maximum Gasteiger partial charge on any atom is 0.306 e. The fourth-order valence-electron chi connectivity index (χ4n) is 2.02. The number of nitrogens with zero attached hydrogens (tertiary/aromatic N) is 1. The first kappa shape index (κ1) is 12.6. The normalized spacial score (nSPS) is 17.6. The van der Waals surface area contributed by atoms with Crippen molar-refractivity contribution in [1.82, 2.24) is 10.2 Å². The van der Waals surface area contributed by atoms with Gasteiger partial charge in [0.25, 0.3) is 5.91 Å². The minimum absolute atomic E-state index is 0.248. The van der Waals surface area contributed by atoms with E-state index >= 15 is 0 Å². The van der Waals surface area contributed by atoms with Gasteiger partial charge in [0.1, 0.15) is 0 Å². The zero-order valence-electron chi connectivity index (χ0n) is 9.96. The van der Waals surface area contributed by atoms with Crippen molar-refractivity contribution in [2.75, 3.05) is 19.8 Å². The molecule has 0 radical (unpaired) electrons. The Kier molecular flexibility index (Phi) is 3.99. The molecule has 1 saturated heterocycles. The van der Waals surface area contributed by atoms with Gasteiger partial charge in [-0.15, -0.1) is 0 Å². The Morgan fingerprint density at radius 3 is 2.72 bits per heavy atom. The van der Waals surface area contributed by atoms with Crippen molar-refractivity contribution in [2.45, 2.75) is 12.8 Å². The molecule has 1 fully saturated rings. The zero-order valence-corrected chi connectivity index (χ0v) is 9.96. The van der Waals surface area contributed by atoms with E-state index in [0.717, 1.165) is 0 Å². The van der Waals surface area contributed by atoms with E-state index in [2.05, 4.69) is 5.32 Å². The van der Waals surface area contributed by atoms with Crippen LogP contribution < -0.4 is 5.32 Å². The van der Waals surface area contributed by atoms with Crippen molar-refractivity contribution in [2.24, 2.45) is 5.92 Å². The van der Waals surface area contributed by atoms with Gasteiger partial charge in [-0.25, -0.2) is 0 Å². The number of rotatable bonds is 4. The van der Waals surface area contributed by atoms with Gasteiger partial charge in [-0.1, -0.05) is 0 Å². The Labute approximate surface area is 105 Å². The van der Waals surface area contributed by atoms with E-state index in [1.807, 2.05) is 4.90 Å². The standard InChI is InChI=1S/C12H16N2O4/c15-11(10-2-1-7-18-10)13-8-14-5-3-9(4-6-14)12(16)17/h1-2,7,9H,3-6,8H2,(H,13,15)(H,16,17). The second-order valence-corrected chi connectivity index (χ2v) is 4.37. The molecule has 2 heterocycles. The average molecular weight is 252 g/mol. The van der Waals surface area contributed by atoms with Gasteiger partial charge in [0.15, 0.2) is 5.76 Å². The van der Waals surface area contributed by atoms with Gasteiger partial charge in [-0.2, -0.15) is 0 Å². The van der Waals surface area contributed by atoms with Crippen LogP contribution in [0.25, 0.3) is 0 Å². The van der Waals surface area contributed by atoms with Crippen LogP contribution in [-0.2, 0) is 4.79 Å². The first-order valence-corrected chi connectivity index (χ1v) is 5.93. The van der Waals surface area contributed by atoms with Crippen molar-refractivity contribution < 1.29 is 19.1 Å². The molecule has 2 N–H and O–H groups in total. The highest BCUT2D eigenvalue weighted by atomic mass is 16.4. The van der Waals surface area contributed by atoms with Crippen LogP contribution in [0.1, 0.15) is 23.4 Å². The summed E-state index contributed by atoms with van der Waals surface area (Å²) in [7, 11) is 0. The molecule has 98 valence electrons. The molecule has 1 aromatic rings. The molecule has 0 bridgehead atoms. The summed E-state index contributed by atoms with van der Waals surface area (Å²) in [5.41, 5.74) is 0. The Morgan fingerprint density at radius 1 is 1.44 bits per heavy atom. The van der Waals surface area contributed by atoms with Gasteiger partial charge in [0, 0.05) is 13.1 Å². The number of likely N-dealkylation sites (tertiary alicyclic amines) is 1. The van der Waals surface area contributed by atoms with Crippen LogP contribution in [-0.4, -0.2) is 41.6 Å². The molecule has 0 saturated carbocycles. The van der Waals surface area contributed by atoms with Crippen molar-refractivity contribution in [3.8, 4) is 0 Å². The van der Waals surface area contributed by atoms with Crippen molar-refractivity contribution in [3.05, 3.63) is 24.2 Å². The van der Waals surface area contributed by atoms with E-state index in [4.69, 9.17) is 9.52 Å². The van der Waals surface area contributed by atoms with Gasteiger partial charge in [-0.3, -0.25) is 14.5 Å². The highest BCUT2D eigenvalue weighted by Crippen LogP contribution is 2.16. The Bertz CT molecular complexity index is 408. The van der Waals surface area contributed by atoms with E-state index in [9.17, 15) is 9.59 Å². The van der Waals surface area contributed by atoms with Gasteiger partial charge in [0.2, 0.25) is 0 Å². The predicted octanol–water partition coefficient (Wildman–Crippen LogP) is 0.763. The lowest BCUT2D eigenvalue weighted by Crippen LogP contribution is -2.43. The minimum Gasteiger partial charge on any atom is -0.481 e. The topological polar surface area (TPSA) is 82.8 Å². The summed E-state index contributed by atoms with van der Waals surface area (Å²) in [6.45, 7) is 1.80. The van der Waals surface area contributed by atoms with E-state index in [1.165, 1.54) is 6.26 Å². The summed E-state index contributed by atoms with van der Waals surface area (Å²) < 4.78 is 4.98. The van der Waals surface area contributed by atoms with Crippen LogP contribution >= 0.6 is 0 Å². The molecular weight excluding hydrogens is 236 g/mol. The van der Waals surface area contributed by atoms with E-state index < -0.39 is 5.97 Å². The maximum atomic E-state index is 11.6. The molecule has 6 heteroatoms. The SMILES string of the molecule is O=C(NCN1CCC(C(=O)O)CC1)c1ccco1. The van der Waals surface area contributed by atoms with Crippen LogP contribution in [0.2, 0.25) is 0 Å². The number of carbonyl (C=O) groups is 2. The largest absolute Gasteiger partial charge is 0.481 e. The molecule has 1 aliphatic heterocycles. The summed E-state index contributed by atoms with van der Waals surface area (Å²) >= 11 is 0. The van der Waals surface area contributed by atoms with Gasteiger partial charge >= 0.3 is 5.97 Å². The number of hydrogen-bond donors (Lipinski definition) is 2. The summed E-state index contributed by atoms with van der Waals surface area (Å²) in [6.07, 6.45) is 2.71. The van der Waals surface area contributed by atoms with Gasteiger partial charge in [0.05, 0.1) is 18.8 Å². The summed E-state index contributed by atoms with van der Waals surface area (Å²) in [6, 6.07) is 3.26. The number of carboxylic acid groups (broad SMARTS) is 1. The molecule has 6 nitrogen and oxygen atoms in total. The molecule has 0 aromatic carbocycles. The highest BCUT2D eigenvalue weighted by molar-refractivity contribution is 5.91. The van der Waals surface area contributed by atoms with Crippen molar-refractivity contribution >= 4 is 11.9 Å². The van der Waals surface area contributed by atoms with Crippen LogP contribution in [0.3, 0.4) is 0 Å². The second kappa shape index (κ2) is 5.68. The number of amides is 1. The summed E-state index contributed by atoms with van der Waals surface area (Å²) in [4.78, 5) is 24.4. The molecule has 1 aliphatic rings. The van der Waals surface area contributed by atoms with E-state index in [-0.39, 0.29) is 17.6 Å². The first-order chi connectivity index (χ1) is 8.66. The predicted molar refractivity (Wildman–Crippen MR) is 63.0 cm³/mol. The summed E-state index contributed by atoms with van der Waals surface area (Å²) in [5.74, 6) is -0.938. The Balaban J connectivity index is 1.72. The number of nitrogens with one attached hydrogen (secondary N) is 1. The molecular formula is C12H16N2O4. The number of aliphatic carboxylic acids is 1. The van der Waals surface area contributed by atoms with E-state index in [1.54, 1.807) is 12.1 Å². The monoisotopic (exact) mass is 252 g/mol. The van der Waals surface area contributed by atoms with Crippen molar-refractivity contribution in [1.29, 1.82) is 0 Å². The van der Waals surface area contributed by atoms with Gasteiger partial charge in [-0.05, 0) is 25.0 Å². The number of hydrogen-bond acceptors (Lipinski definition) is 4. The molecule has 18 heavy (non-hydrogen) atoms. The summed E-state index contributed by atoms with van der Waals surface area (Å²) in [5, 5.41) is 11.6. The lowest BCUT2D eigenvalue weighted by Gasteiger charge is -2.29. The molecule has 1 aromatic heterocycles. The zero-order chi connectivity index (χ0) is 13.0. The number of furan rings is 1. The molecule has 2 rings (SSSR count). The molecule has 0 spiro atoms. The second-order valence-electron chi connectivity index (χ2n) is 4.37. The first-order valence-electron chi connectivity index (χ1n) is 5.93. The lowest BCUT2D eigenvalue weighted by molar-refractivity contribution is -0.143. The molecule has 0 aliphatic carbocycles. The molecule has 1 amide bonds. The fraction of sp³-hybridized carbons (Fsp3) is 0.500. The number of piperidine rings is 1. The number of carbonyl (C=O) groups excluding carboxylic acids is 1. The third-order valence-corrected chi connectivity index (χ3v) is 3.15. The average Bonchev–Trinajstić information content (AvgIpc) is 2.90. The number of carboxylic acids is 1. The smallest absolute Gasteiger partial charge is 0.306 e. The maximum absolute atomic E-state index is 11.6. The minimum atomic E-state index is -0.728. The van der Waals surface area contributed by atoms with Crippen LogP contribution in [0.4, 0.5) is 0 Å². The quantitative estimate of drug-likeness (QED) is 0.826. The van der Waals surface area contributed by atoms with Gasteiger partial charge < -0.3 is 14.8 Å². The van der Waals surface area contributed by atoms with Crippen LogP contribution in [0, 0.1) is 5.92 Å².